The van der Waals surface area contributed by atoms with Gasteiger partial charge in [0.1, 0.15) is 18.2 Å². The molecule has 2 aliphatic heterocycles. The highest BCUT2D eigenvalue weighted by Crippen LogP contribution is 2.36. The molecular weight excluding hydrogens is 537 g/mol. The van der Waals surface area contributed by atoms with E-state index in [9.17, 15) is 9.18 Å². The first-order valence-corrected chi connectivity index (χ1v) is 14.2. The predicted molar refractivity (Wildman–Crippen MR) is 153 cm³/mol. The molecule has 2 atom stereocenters. The molecule has 0 amide bonds. The molecule has 9 nitrogen and oxygen atoms in total. The van der Waals surface area contributed by atoms with Gasteiger partial charge in [-0.05, 0) is 69.3 Å². The van der Waals surface area contributed by atoms with E-state index in [1.807, 2.05) is 30.3 Å². The number of carbonyl (C=O) groups excluding carboxylic acids is 1. The van der Waals surface area contributed by atoms with E-state index in [4.69, 9.17) is 29.4 Å². The second-order valence-electron chi connectivity index (χ2n) is 10.9. The highest BCUT2D eigenvalue weighted by Gasteiger charge is 2.34. The smallest absolute Gasteiger partial charge is 0.337 e. The Labute approximate surface area is 243 Å². The quantitative estimate of drug-likeness (QED) is 0.288. The van der Waals surface area contributed by atoms with E-state index >= 15 is 0 Å². The number of hydrogen-bond acceptors (Lipinski definition) is 8. The van der Waals surface area contributed by atoms with Gasteiger partial charge in [-0.1, -0.05) is 12.1 Å². The topological polar surface area (TPSA) is 102 Å². The summed E-state index contributed by atoms with van der Waals surface area (Å²) in [5.41, 5.74) is 3.88. The Bertz CT molecular complexity index is 1660. The van der Waals surface area contributed by atoms with E-state index in [1.54, 1.807) is 24.3 Å². The van der Waals surface area contributed by atoms with Gasteiger partial charge in [-0.25, -0.2) is 19.2 Å². The second-order valence-corrected chi connectivity index (χ2v) is 10.9. The molecule has 0 saturated carbocycles. The maximum absolute atomic E-state index is 14.3. The molecule has 0 radical (unpaired) electrons. The van der Waals surface area contributed by atoms with E-state index in [0.29, 0.717) is 30.2 Å². The van der Waals surface area contributed by atoms with Gasteiger partial charge < -0.3 is 18.8 Å². The zero-order chi connectivity index (χ0) is 29.2. The van der Waals surface area contributed by atoms with Crippen LogP contribution in [0.2, 0.25) is 0 Å². The molecule has 4 aromatic rings. The molecule has 10 heteroatoms. The summed E-state index contributed by atoms with van der Waals surface area (Å²) in [4.78, 5) is 24.4. The van der Waals surface area contributed by atoms with Crippen molar-refractivity contribution in [2.75, 3.05) is 33.4 Å². The Morgan fingerprint density at radius 3 is 2.71 bits per heavy atom. The molecule has 4 heterocycles. The normalized spacial score (nSPS) is 19.6. The average Bonchev–Trinajstić information content (AvgIpc) is 3.32. The fourth-order valence-electron chi connectivity index (χ4n) is 5.95. The number of carbonyl (C=O) groups is 1. The van der Waals surface area contributed by atoms with Crippen LogP contribution in [0.1, 0.15) is 70.8 Å². The Balaban J connectivity index is 1.15. The van der Waals surface area contributed by atoms with Gasteiger partial charge in [0.05, 0.1) is 60.6 Å². The van der Waals surface area contributed by atoms with Crippen LogP contribution in [-0.4, -0.2) is 58.8 Å². The first kappa shape index (κ1) is 27.8. The van der Waals surface area contributed by atoms with Crippen molar-refractivity contribution in [3.05, 3.63) is 88.6 Å². The minimum atomic E-state index is -0.466. The van der Waals surface area contributed by atoms with Crippen molar-refractivity contribution in [3.63, 3.8) is 0 Å². The van der Waals surface area contributed by atoms with Crippen molar-refractivity contribution in [1.29, 1.82) is 5.26 Å². The summed E-state index contributed by atoms with van der Waals surface area (Å²) in [7, 11) is 1.39. The minimum Gasteiger partial charge on any atom is -0.473 e. The Kier molecular flexibility index (Phi) is 7.87. The fraction of sp³-hybridized carbons (Fsp3) is 0.375. The van der Waals surface area contributed by atoms with Crippen LogP contribution in [0.5, 0.6) is 5.88 Å². The third-order valence-electron chi connectivity index (χ3n) is 8.20. The van der Waals surface area contributed by atoms with Gasteiger partial charge in [-0.15, -0.1) is 0 Å². The maximum Gasteiger partial charge on any atom is 0.337 e. The number of esters is 1. The SMILES string of the molecule is COC(=O)c1ccc2nc3n(c2c1)[C@@H](C)COC[C@H]3N1CCC(c2cccc(OCc3ccc(C#N)cc3F)n2)CC1. The van der Waals surface area contributed by atoms with E-state index in [1.165, 1.54) is 13.2 Å². The largest absolute Gasteiger partial charge is 0.473 e. The first-order valence-electron chi connectivity index (χ1n) is 14.2. The molecule has 216 valence electrons. The zero-order valence-electron chi connectivity index (χ0n) is 23.6. The number of hydrogen-bond donors (Lipinski definition) is 0. The van der Waals surface area contributed by atoms with Crippen LogP contribution in [0.25, 0.3) is 11.0 Å². The molecule has 0 unspecified atom stereocenters. The number of rotatable bonds is 6. The molecule has 6 rings (SSSR count). The number of nitriles is 1. The molecular formula is C32H32FN5O4. The average molecular weight is 570 g/mol. The second kappa shape index (κ2) is 11.9. The Morgan fingerprint density at radius 1 is 1.12 bits per heavy atom. The lowest BCUT2D eigenvalue weighted by molar-refractivity contribution is 0.0479. The number of pyridine rings is 1. The lowest BCUT2D eigenvalue weighted by Crippen LogP contribution is -2.38. The zero-order valence-corrected chi connectivity index (χ0v) is 23.6. The van der Waals surface area contributed by atoms with E-state index in [2.05, 4.69) is 16.4 Å². The van der Waals surface area contributed by atoms with Gasteiger partial charge in [0.25, 0.3) is 0 Å². The van der Waals surface area contributed by atoms with Crippen molar-refractivity contribution in [1.82, 2.24) is 19.4 Å². The van der Waals surface area contributed by atoms with Gasteiger partial charge >= 0.3 is 5.97 Å². The van der Waals surface area contributed by atoms with Crippen LogP contribution >= 0.6 is 0 Å². The summed E-state index contributed by atoms with van der Waals surface area (Å²) in [6.07, 6.45) is 1.83. The van der Waals surface area contributed by atoms with Gasteiger partial charge in [-0.2, -0.15) is 5.26 Å². The van der Waals surface area contributed by atoms with Gasteiger partial charge in [-0.3, -0.25) is 4.90 Å². The van der Waals surface area contributed by atoms with Gasteiger partial charge in [0.2, 0.25) is 5.88 Å². The number of halogens is 1. The molecule has 1 fully saturated rings. The van der Waals surface area contributed by atoms with Gasteiger partial charge in [0.15, 0.2) is 0 Å². The number of ether oxygens (including phenoxy) is 3. The summed E-state index contributed by atoms with van der Waals surface area (Å²) in [5.74, 6) is 0.840. The van der Waals surface area contributed by atoms with E-state index in [0.717, 1.165) is 48.5 Å². The fourth-order valence-corrected chi connectivity index (χ4v) is 5.95. The highest BCUT2D eigenvalue weighted by molar-refractivity contribution is 5.93. The van der Waals surface area contributed by atoms with Crippen LogP contribution < -0.4 is 4.74 Å². The number of likely N-dealkylation sites (tertiary alicyclic amines) is 1. The summed E-state index contributed by atoms with van der Waals surface area (Å²) in [5, 5.41) is 8.95. The van der Waals surface area contributed by atoms with Crippen LogP contribution in [0.3, 0.4) is 0 Å². The third kappa shape index (κ3) is 5.45. The third-order valence-corrected chi connectivity index (χ3v) is 8.20. The monoisotopic (exact) mass is 569 g/mol. The number of piperidine rings is 1. The summed E-state index contributed by atoms with van der Waals surface area (Å²) >= 11 is 0. The number of fused-ring (bicyclic) bond motifs is 3. The number of benzene rings is 2. The number of methoxy groups -OCH3 is 1. The molecule has 0 aliphatic carbocycles. The van der Waals surface area contributed by atoms with Crippen LogP contribution in [0.15, 0.2) is 54.6 Å². The van der Waals surface area contributed by atoms with E-state index in [-0.39, 0.29) is 36.1 Å². The van der Waals surface area contributed by atoms with Crippen molar-refractivity contribution >= 4 is 17.0 Å². The van der Waals surface area contributed by atoms with Crippen molar-refractivity contribution in [3.8, 4) is 11.9 Å². The number of aromatic nitrogens is 3. The van der Waals surface area contributed by atoms with Crippen LogP contribution in [-0.2, 0) is 16.1 Å². The van der Waals surface area contributed by atoms with Crippen molar-refractivity contribution < 1.29 is 23.4 Å². The molecule has 0 spiro atoms. The Hall–Kier alpha value is -4.33. The molecule has 2 aromatic carbocycles. The molecule has 2 aromatic heterocycles. The molecule has 0 bridgehead atoms. The van der Waals surface area contributed by atoms with Crippen molar-refractivity contribution in [2.45, 2.75) is 44.4 Å². The first-order chi connectivity index (χ1) is 20.4. The summed E-state index contributed by atoms with van der Waals surface area (Å²) in [6, 6.07) is 17.6. The van der Waals surface area contributed by atoms with Crippen molar-refractivity contribution in [2.24, 2.45) is 0 Å². The van der Waals surface area contributed by atoms with Crippen LogP contribution in [0, 0.1) is 17.1 Å². The lowest BCUT2D eigenvalue weighted by Gasteiger charge is -2.36. The highest BCUT2D eigenvalue weighted by atomic mass is 19.1. The molecule has 42 heavy (non-hydrogen) atoms. The number of imidazole rings is 1. The summed E-state index contributed by atoms with van der Waals surface area (Å²) in [6.45, 7) is 4.97. The van der Waals surface area contributed by atoms with E-state index < -0.39 is 5.82 Å². The predicted octanol–water partition coefficient (Wildman–Crippen LogP) is 5.32. The standard InChI is InChI=1S/C32H32FN5O4/c1-20-17-41-19-29(31-36-27-9-8-23(32(39)40-2)15-28(27)38(20)31)37-12-10-22(11-13-37)26-4-3-5-30(35-26)42-18-24-7-6-21(16-34)14-25(24)33/h3-9,14-15,20,22,29H,10-13,17-19H2,1-2H3/t20-,29+/m0/s1. The molecule has 2 aliphatic rings. The summed E-state index contributed by atoms with van der Waals surface area (Å²) < 4.78 is 33.3. The minimum absolute atomic E-state index is 0.00479. The van der Waals surface area contributed by atoms with Gasteiger partial charge in [0, 0.05) is 23.2 Å². The maximum atomic E-state index is 14.3. The number of nitrogens with zero attached hydrogens (tertiary/aromatic N) is 5. The molecule has 1 saturated heterocycles. The lowest BCUT2D eigenvalue weighted by atomic mass is 9.92. The molecule has 0 N–H and O–H groups in total. The van der Waals surface area contributed by atoms with Crippen LogP contribution in [0.4, 0.5) is 4.39 Å². The Morgan fingerprint density at radius 2 is 1.95 bits per heavy atom.